The largest absolute Gasteiger partial charge is 0.496 e. The van der Waals surface area contributed by atoms with E-state index >= 15 is 0 Å². The lowest BCUT2D eigenvalue weighted by Crippen LogP contribution is -2.22. The minimum atomic E-state index is -1.13. The van der Waals surface area contributed by atoms with Crippen molar-refractivity contribution in [2.75, 3.05) is 20.8 Å². The van der Waals surface area contributed by atoms with Gasteiger partial charge in [0.05, 0.1) is 19.8 Å². The summed E-state index contributed by atoms with van der Waals surface area (Å²) in [4.78, 5) is 4.54. The number of pyridine rings is 1. The Morgan fingerprint density at radius 1 is 1.04 bits per heavy atom. The van der Waals surface area contributed by atoms with Crippen molar-refractivity contribution in [3.8, 4) is 22.6 Å². The number of methoxy groups -OCH3 is 2. The predicted octanol–water partition coefficient (Wildman–Crippen LogP) is 5.69. The molecule has 5 nitrogen and oxygen atoms in total. The Morgan fingerprint density at radius 2 is 1.71 bits per heavy atom. The Hall–Kier alpha value is -2.02. The van der Waals surface area contributed by atoms with Gasteiger partial charge in [-0.3, -0.25) is 0 Å². The van der Waals surface area contributed by atoms with E-state index in [0.717, 1.165) is 46.3 Å². The van der Waals surface area contributed by atoms with Gasteiger partial charge in [0.1, 0.15) is 29.0 Å². The predicted molar refractivity (Wildman–Crippen MR) is 117 cm³/mol. The third kappa shape index (κ3) is 4.51. The zero-order valence-electron chi connectivity index (χ0n) is 17.1. The molecule has 0 spiro atoms. The molecule has 0 aliphatic carbocycles. The molecule has 2 aromatic heterocycles. The van der Waals surface area contributed by atoms with Gasteiger partial charge in [0.15, 0.2) is 0 Å². The topological polar surface area (TPSA) is 45.5 Å². The number of benzene rings is 1. The molecule has 0 aliphatic heterocycles. The Morgan fingerprint density at radius 3 is 2.32 bits per heavy atom. The van der Waals surface area contributed by atoms with Crippen molar-refractivity contribution in [3.63, 3.8) is 0 Å². The highest BCUT2D eigenvalue weighted by atomic mass is 35.5. The Labute approximate surface area is 172 Å². The van der Waals surface area contributed by atoms with Gasteiger partial charge in [0.25, 0.3) is 0 Å². The summed E-state index contributed by atoms with van der Waals surface area (Å²) in [5, 5.41) is 1.42. The van der Waals surface area contributed by atoms with E-state index in [1.807, 2.05) is 35.0 Å². The molecule has 0 bridgehead atoms. The minimum absolute atomic E-state index is 0.422. The van der Waals surface area contributed by atoms with E-state index in [1.54, 1.807) is 20.3 Å². The summed E-state index contributed by atoms with van der Waals surface area (Å²) in [6, 6.07) is 10.7. The van der Waals surface area contributed by atoms with Crippen LogP contribution in [-0.2, 0) is 11.5 Å². The van der Waals surface area contributed by atoms with Gasteiger partial charge in [-0.05, 0) is 30.3 Å². The molecule has 0 saturated carbocycles. The number of ether oxygens (including phenoxy) is 3. The third-order valence-electron chi connectivity index (χ3n) is 4.61. The van der Waals surface area contributed by atoms with Crippen LogP contribution in [0.1, 0.15) is 0 Å². The van der Waals surface area contributed by atoms with E-state index in [0.29, 0.717) is 11.9 Å². The van der Waals surface area contributed by atoms with Crippen molar-refractivity contribution in [3.05, 3.63) is 41.7 Å². The fourth-order valence-electron chi connectivity index (χ4n) is 3.10. The summed E-state index contributed by atoms with van der Waals surface area (Å²) in [6.07, 6.45) is 2.03. The van der Waals surface area contributed by atoms with Crippen LogP contribution >= 0.6 is 11.6 Å². The molecule has 2 heterocycles. The second-order valence-corrected chi connectivity index (χ2v) is 13.9. The van der Waals surface area contributed by atoms with Gasteiger partial charge in [-0.25, -0.2) is 4.98 Å². The lowest BCUT2D eigenvalue weighted by Gasteiger charge is -2.15. The molecule has 3 aromatic rings. The van der Waals surface area contributed by atoms with Crippen LogP contribution in [0.2, 0.25) is 30.8 Å². The Bertz CT molecular complexity index is 944. The average molecular weight is 419 g/mol. The normalized spacial score (nSPS) is 11.8. The molecule has 0 radical (unpaired) electrons. The highest BCUT2D eigenvalue weighted by molar-refractivity contribution is 6.76. The maximum Gasteiger partial charge on any atom is 0.144 e. The maximum atomic E-state index is 6.18. The smallest absolute Gasteiger partial charge is 0.144 e. The second kappa shape index (κ2) is 8.55. The Kier molecular flexibility index (Phi) is 6.32. The van der Waals surface area contributed by atoms with Gasteiger partial charge in [-0.15, -0.1) is 0 Å². The van der Waals surface area contributed by atoms with Crippen LogP contribution in [0.4, 0.5) is 0 Å². The lowest BCUT2D eigenvalue weighted by molar-refractivity contribution is 0.0899. The molecule has 150 valence electrons. The van der Waals surface area contributed by atoms with Crippen molar-refractivity contribution in [1.29, 1.82) is 0 Å². The first-order valence-electron chi connectivity index (χ1n) is 9.28. The van der Waals surface area contributed by atoms with E-state index in [1.165, 1.54) is 0 Å². The van der Waals surface area contributed by atoms with Crippen molar-refractivity contribution < 1.29 is 14.2 Å². The molecule has 0 aliphatic rings. The van der Waals surface area contributed by atoms with Gasteiger partial charge < -0.3 is 18.8 Å². The SMILES string of the molecule is COc1cccc(OC)c1-c1cn(COCC[Si](C)(C)C)c2nc(Cl)ccc12. The van der Waals surface area contributed by atoms with Crippen molar-refractivity contribution in [2.45, 2.75) is 32.4 Å². The molecule has 28 heavy (non-hydrogen) atoms. The van der Waals surface area contributed by atoms with E-state index in [4.69, 9.17) is 25.8 Å². The van der Waals surface area contributed by atoms with Gasteiger partial charge in [0.2, 0.25) is 0 Å². The summed E-state index contributed by atoms with van der Waals surface area (Å²) in [5.74, 6) is 1.49. The quantitative estimate of drug-likeness (QED) is 0.268. The van der Waals surface area contributed by atoms with E-state index in [2.05, 4.69) is 24.6 Å². The zero-order chi connectivity index (χ0) is 20.3. The molecule has 0 saturated heterocycles. The van der Waals surface area contributed by atoms with Gasteiger partial charge in [0, 0.05) is 31.8 Å². The number of fused-ring (bicyclic) bond motifs is 1. The van der Waals surface area contributed by atoms with Crippen LogP contribution in [0.3, 0.4) is 0 Å². The van der Waals surface area contributed by atoms with Crippen LogP contribution < -0.4 is 9.47 Å². The van der Waals surface area contributed by atoms with Crippen LogP contribution in [0.5, 0.6) is 11.5 Å². The number of hydrogen-bond acceptors (Lipinski definition) is 4. The van der Waals surface area contributed by atoms with Crippen molar-refractivity contribution in [1.82, 2.24) is 9.55 Å². The molecule has 0 atom stereocenters. The highest BCUT2D eigenvalue weighted by Crippen LogP contribution is 2.42. The third-order valence-corrected chi connectivity index (χ3v) is 6.53. The van der Waals surface area contributed by atoms with E-state index < -0.39 is 8.07 Å². The average Bonchev–Trinajstić information content (AvgIpc) is 3.01. The first kappa shape index (κ1) is 20.7. The number of nitrogens with zero attached hydrogens (tertiary/aromatic N) is 2. The van der Waals surface area contributed by atoms with Gasteiger partial charge in [-0.2, -0.15) is 0 Å². The zero-order valence-corrected chi connectivity index (χ0v) is 18.8. The summed E-state index contributed by atoms with van der Waals surface area (Å²) in [5.41, 5.74) is 2.65. The van der Waals surface area contributed by atoms with Crippen LogP contribution in [-0.4, -0.2) is 38.5 Å². The van der Waals surface area contributed by atoms with Gasteiger partial charge in [-0.1, -0.05) is 37.3 Å². The standard InChI is InChI=1S/C21H27ClN2O3Si/c1-25-17-7-6-8-18(26-2)20(17)16-13-24(14-27-11-12-28(3,4)5)21-15(16)9-10-19(22)23-21/h6-10,13H,11-12,14H2,1-5H3. The number of halogens is 1. The van der Waals surface area contributed by atoms with Crippen molar-refractivity contribution >= 4 is 30.7 Å². The van der Waals surface area contributed by atoms with Gasteiger partial charge >= 0.3 is 0 Å². The van der Waals surface area contributed by atoms with Crippen molar-refractivity contribution in [2.24, 2.45) is 0 Å². The molecular weight excluding hydrogens is 392 g/mol. The molecular formula is C21H27ClN2O3Si. The minimum Gasteiger partial charge on any atom is -0.496 e. The lowest BCUT2D eigenvalue weighted by atomic mass is 10.0. The first-order valence-corrected chi connectivity index (χ1v) is 13.4. The van der Waals surface area contributed by atoms with Crippen LogP contribution in [0.25, 0.3) is 22.2 Å². The molecule has 0 fully saturated rings. The van der Waals surface area contributed by atoms with Crippen LogP contribution in [0.15, 0.2) is 36.5 Å². The van der Waals surface area contributed by atoms with E-state index in [-0.39, 0.29) is 0 Å². The molecule has 0 N–H and O–H groups in total. The second-order valence-electron chi connectivity index (χ2n) is 7.90. The molecule has 0 amide bonds. The maximum absolute atomic E-state index is 6.18. The molecule has 7 heteroatoms. The summed E-state index contributed by atoms with van der Waals surface area (Å²) < 4.78 is 19.1. The molecule has 3 rings (SSSR count). The summed E-state index contributed by atoms with van der Waals surface area (Å²) in [6.45, 7) is 8.19. The molecule has 1 aromatic carbocycles. The number of hydrogen-bond donors (Lipinski definition) is 0. The number of rotatable bonds is 8. The fraction of sp³-hybridized carbons (Fsp3) is 0.381. The van der Waals surface area contributed by atoms with Crippen LogP contribution in [0, 0.1) is 0 Å². The molecule has 0 unspecified atom stereocenters. The van der Waals surface area contributed by atoms with E-state index in [9.17, 15) is 0 Å². The first-order chi connectivity index (χ1) is 13.3. The summed E-state index contributed by atoms with van der Waals surface area (Å²) >= 11 is 6.18. The fourth-order valence-corrected chi connectivity index (χ4v) is 4.00. The summed E-state index contributed by atoms with van der Waals surface area (Å²) in [7, 11) is 2.18. The highest BCUT2D eigenvalue weighted by Gasteiger charge is 2.19. The monoisotopic (exact) mass is 418 g/mol. The number of aromatic nitrogens is 2. The Balaban J connectivity index is 2.03.